The van der Waals surface area contributed by atoms with Crippen LogP contribution >= 0.6 is 0 Å². The van der Waals surface area contributed by atoms with Gasteiger partial charge in [-0.15, -0.1) is 0 Å². The summed E-state index contributed by atoms with van der Waals surface area (Å²) >= 11 is 0. The number of anilines is 4. The molecule has 0 saturated carbocycles. The Balaban J connectivity index is 1.51. The van der Waals surface area contributed by atoms with E-state index >= 15 is 0 Å². The molecule has 0 radical (unpaired) electrons. The highest BCUT2D eigenvalue weighted by Crippen LogP contribution is 2.18. The zero-order chi connectivity index (χ0) is 27.9. The first-order valence-electron chi connectivity index (χ1n) is 12.9. The van der Waals surface area contributed by atoms with E-state index in [1.54, 1.807) is 6.07 Å². The smallest absolute Gasteiger partial charge is 0.233 e. The zero-order valence-electron chi connectivity index (χ0n) is 22.4. The Kier molecular flexibility index (Phi) is 12.3. The number of hydrogen-bond acceptors (Lipinski definition) is 10. The maximum atomic E-state index is 13.5. The van der Waals surface area contributed by atoms with Crippen molar-refractivity contribution in [1.82, 2.24) is 20.3 Å². The molecule has 0 saturated heterocycles. The molecule has 11 nitrogen and oxygen atoms in total. The molecule has 6 N–H and O–H groups in total. The van der Waals surface area contributed by atoms with Crippen LogP contribution in [-0.4, -0.2) is 66.4 Å². The number of hydrogen-bond donors (Lipinski definition) is 5. The van der Waals surface area contributed by atoms with E-state index in [-0.39, 0.29) is 24.2 Å². The number of nitrogens with two attached hydrogens (primary N) is 1. The normalized spacial score (nSPS) is 10.9. The minimum atomic E-state index is -0.301. The summed E-state index contributed by atoms with van der Waals surface area (Å²) in [5.74, 6) is 0.706. The molecule has 0 unspecified atom stereocenters. The third kappa shape index (κ3) is 11.6. The Labute approximate surface area is 228 Å². The van der Waals surface area contributed by atoms with Crippen LogP contribution in [0, 0.1) is 5.82 Å². The van der Waals surface area contributed by atoms with Crippen molar-refractivity contribution in [2.75, 3.05) is 55.5 Å². The SMILES string of the molecule is CC(C)Nc1nc(NCc2cccc(F)c2)nc(Nc2ccc(CC(=O)NCCOCCOCCN)cc2)n1. The van der Waals surface area contributed by atoms with Gasteiger partial charge in [0.25, 0.3) is 0 Å². The first kappa shape index (κ1) is 29.7. The van der Waals surface area contributed by atoms with E-state index in [9.17, 15) is 9.18 Å². The predicted octanol–water partition coefficient (Wildman–Crippen LogP) is 2.84. The number of halogens is 1. The Morgan fingerprint density at radius 2 is 1.64 bits per heavy atom. The average molecular weight is 541 g/mol. The van der Waals surface area contributed by atoms with Gasteiger partial charge in [-0.1, -0.05) is 24.3 Å². The van der Waals surface area contributed by atoms with Gasteiger partial charge in [0, 0.05) is 31.4 Å². The fourth-order valence-electron chi connectivity index (χ4n) is 3.41. The highest BCUT2D eigenvalue weighted by atomic mass is 19.1. The monoisotopic (exact) mass is 540 g/mol. The molecule has 0 aliphatic rings. The van der Waals surface area contributed by atoms with E-state index in [1.165, 1.54) is 12.1 Å². The highest BCUT2D eigenvalue weighted by Gasteiger charge is 2.09. The van der Waals surface area contributed by atoms with E-state index in [1.807, 2.05) is 44.2 Å². The van der Waals surface area contributed by atoms with Gasteiger partial charge in [0.05, 0.1) is 32.8 Å². The van der Waals surface area contributed by atoms with Crippen LogP contribution in [0.15, 0.2) is 48.5 Å². The number of ether oxygens (including phenoxy) is 2. The summed E-state index contributed by atoms with van der Waals surface area (Å²) in [5.41, 5.74) is 7.73. The number of aromatic nitrogens is 3. The van der Waals surface area contributed by atoms with Crippen molar-refractivity contribution in [1.29, 1.82) is 0 Å². The standard InChI is InChI=1S/C27H37FN8O3/c1-19(2)32-26-34-25(31-18-21-4-3-5-22(28)16-21)35-27(36-26)33-23-8-6-20(7-9-23)17-24(37)30-11-13-39-15-14-38-12-10-29/h3-9,16,19H,10-15,17-18,29H2,1-2H3,(H,30,37)(H3,31,32,33,34,35,36). The molecule has 3 rings (SSSR count). The van der Waals surface area contributed by atoms with E-state index < -0.39 is 0 Å². The van der Waals surface area contributed by atoms with Crippen LogP contribution in [0.1, 0.15) is 25.0 Å². The highest BCUT2D eigenvalue weighted by molar-refractivity contribution is 5.78. The number of amides is 1. The molecule has 0 spiro atoms. The summed E-state index contributed by atoms with van der Waals surface area (Å²) in [6.45, 7) is 7.11. The van der Waals surface area contributed by atoms with E-state index in [0.29, 0.717) is 63.9 Å². The molecule has 12 heteroatoms. The Morgan fingerprint density at radius 1 is 0.923 bits per heavy atom. The van der Waals surface area contributed by atoms with Gasteiger partial charge in [-0.3, -0.25) is 4.79 Å². The third-order valence-corrected chi connectivity index (χ3v) is 5.17. The molecule has 2 aromatic carbocycles. The van der Waals surface area contributed by atoms with Crippen molar-refractivity contribution in [2.45, 2.75) is 32.9 Å². The summed E-state index contributed by atoms with van der Waals surface area (Å²) in [6.07, 6.45) is 0.252. The minimum Gasteiger partial charge on any atom is -0.378 e. The lowest BCUT2D eigenvalue weighted by atomic mass is 10.1. The lowest BCUT2D eigenvalue weighted by Gasteiger charge is -2.13. The van der Waals surface area contributed by atoms with Crippen molar-refractivity contribution in [3.63, 3.8) is 0 Å². The van der Waals surface area contributed by atoms with Crippen molar-refractivity contribution in [3.8, 4) is 0 Å². The van der Waals surface area contributed by atoms with Crippen LogP contribution in [0.2, 0.25) is 0 Å². The molecular formula is C27H37FN8O3. The predicted molar refractivity (Wildman–Crippen MR) is 149 cm³/mol. The lowest BCUT2D eigenvalue weighted by molar-refractivity contribution is -0.120. The lowest BCUT2D eigenvalue weighted by Crippen LogP contribution is -2.29. The molecule has 1 heterocycles. The largest absolute Gasteiger partial charge is 0.378 e. The first-order chi connectivity index (χ1) is 18.9. The maximum absolute atomic E-state index is 13.5. The molecule has 1 amide bonds. The second-order valence-corrected chi connectivity index (χ2v) is 8.95. The summed E-state index contributed by atoms with van der Waals surface area (Å²) < 4.78 is 24.1. The minimum absolute atomic E-state index is 0.0884. The van der Waals surface area contributed by atoms with Crippen molar-refractivity contribution >= 4 is 29.4 Å². The molecule has 1 aromatic heterocycles. The molecule has 210 valence electrons. The van der Waals surface area contributed by atoms with Crippen LogP contribution in [0.3, 0.4) is 0 Å². The van der Waals surface area contributed by atoms with Crippen LogP contribution in [0.5, 0.6) is 0 Å². The van der Waals surface area contributed by atoms with Crippen LogP contribution in [-0.2, 0) is 27.2 Å². The van der Waals surface area contributed by atoms with Crippen LogP contribution in [0.25, 0.3) is 0 Å². The number of nitrogens with one attached hydrogen (secondary N) is 4. The second-order valence-electron chi connectivity index (χ2n) is 8.95. The van der Waals surface area contributed by atoms with Gasteiger partial charge < -0.3 is 36.5 Å². The van der Waals surface area contributed by atoms with Gasteiger partial charge in [0.1, 0.15) is 5.82 Å². The Hall–Kier alpha value is -3.87. The number of rotatable bonds is 17. The fraction of sp³-hybridized carbons (Fsp3) is 0.407. The summed E-state index contributed by atoms with van der Waals surface area (Å²) in [4.78, 5) is 25.5. The topological polar surface area (TPSA) is 148 Å². The molecule has 0 aliphatic carbocycles. The quantitative estimate of drug-likeness (QED) is 0.162. The summed E-state index contributed by atoms with van der Waals surface area (Å²) in [5, 5.41) is 12.3. The molecule has 3 aromatic rings. The fourth-order valence-corrected chi connectivity index (χ4v) is 3.41. The van der Waals surface area contributed by atoms with Gasteiger partial charge >= 0.3 is 0 Å². The number of nitrogens with zero attached hydrogens (tertiary/aromatic N) is 3. The molecule has 39 heavy (non-hydrogen) atoms. The summed E-state index contributed by atoms with van der Waals surface area (Å²) in [7, 11) is 0. The number of benzene rings is 2. The third-order valence-electron chi connectivity index (χ3n) is 5.17. The molecule has 0 fully saturated rings. The van der Waals surface area contributed by atoms with Crippen molar-refractivity contribution in [2.24, 2.45) is 5.73 Å². The Morgan fingerprint density at radius 3 is 2.36 bits per heavy atom. The van der Waals surface area contributed by atoms with E-state index in [4.69, 9.17) is 15.2 Å². The zero-order valence-corrected chi connectivity index (χ0v) is 22.4. The first-order valence-corrected chi connectivity index (χ1v) is 12.9. The van der Waals surface area contributed by atoms with Crippen LogP contribution in [0.4, 0.5) is 27.9 Å². The Bertz CT molecular complexity index is 1160. The van der Waals surface area contributed by atoms with Crippen molar-refractivity contribution in [3.05, 3.63) is 65.5 Å². The van der Waals surface area contributed by atoms with Gasteiger partial charge in [-0.05, 0) is 49.2 Å². The molecule has 0 bridgehead atoms. The van der Waals surface area contributed by atoms with Gasteiger partial charge in [0.2, 0.25) is 23.8 Å². The van der Waals surface area contributed by atoms with Crippen LogP contribution < -0.4 is 27.0 Å². The average Bonchev–Trinajstić information content (AvgIpc) is 2.90. The van der Waals surface area contributed by atoms with E-state index in [2.05, 4.69) is 36.2 Å². The van der Waals surface area contributed by atoms with Crippen molar-refractivity contribution < 1.29 is 18.7 Å². The number of carbonyl (C=O) groups is 1. The molecular weight excluding hydrogens is 503 g/mol. The second kappa shape index (κ2) is 16.2. The van der Waals surface area contributed by atoms with Gasteiger partial charge in [-0.25, -0.2) is 4.39 Å². The maximum Gasteiger partial charge on any atom is 0.233 e. The number of carbonyl (C=O) groups excluding carboxylic acids is 1. The summed E-state index contributed by atoms with van der Waals surface area (Å²) in [6, 6.07) is 13.9. The van der Waals surface area contributed by atoms with Gasteiger partial charge in [0.15, 0.2) is 0 Å². The van der Waals surface area contributed by atoms with Gasteiger partial charge in [-0.2, -0.15) is 15.0 Å². The molecule has 0 aliphatic heterocycles. The molecule has 0 atom stereocenters. The van der Waals surface area contributed by atoms with E-state index in [0.717, 1.165) is 16.8 Å².